The molecule has 13 heavy (non-hydrogen) atoms. The van der Waals surface area contributed by atoms with Gasteiger partial charge in [0.1, 0.15) is 0 Å². The van der Waals surface area contributed by atoms with Gasteiger partial charge in [-0.3, -0.25) is 4.79 Å². The largest absolute Gasteiger partial charge is 0.282 e. The normalized spacial score (nSPS) is 15.5. The highest BCUT2D eigenvalue weighted by atomic mass is 32.2. The van der Waals surface area contributed by atoms with Crippen LogP contribution < -0.4 is 0 Å². The molecule has 0 fully saturated rings. The maximum absolute atomic E-state index is 10.8. The zero-order valence-corrected chi connectivity index (χ0v) is 10.3. The molecule has 0 saturated carbocycles. The molecule has 1 nitrogen and oxygen atoms in total. The first kappa shape index (κ1) is 11.6. The van der Waals surface area contributed by atoms with Gasteiger partial charge in [0.15, 0.2) is 0 Å². The number of hydrogen-bond acceptors (Lipinski definition) is 5. The summed E-state index contributed by atoms with van der Waals surface area (Å²) in [6.07, 6.45) is 1.37. The summed E-state index contributed by atoms with van der Waals surface area (Å²) in [5.74, 6) is 1.04. The molecule has 1 rings (SSSR count). The highest BCUT2D eigenvalue weighted by Gasteiger charge is 2.05. The summed E-state index contributed by atoms with van der Waals surface area (Å²) in [7, 11) is 0. The fourth-order valence-electron chi connectivity index (χ4n) is 0.647. The van der Waals surface area contributed by atoms with E-state index in [0.29, 0.717) is 0 Å². The van der Waals surface area contributed by atoms with Crippen LogP contribution in [0, 0.1) is 0 Å². The van der Waals surface area contributed by atoms with Gasteiger partial charge in [0.25, 0.3) is 0 Å². The third kappa shape index (κ3) is 5.10. The molecule has 0 bridgehead atoms. The smallest absolute Gasteiger partial charge is 0.212 e. The highest BCUT2D eigenvalue weighted by Crippen LogP contribution is 2.34. The Kier molecular flexibility index (Phi) is 6.19. The predicted octanol–water partition coefficient (Wildman–Crippen LogP) is 3.40. The fourth-order valence-corrected chi connectivity index (χ4v) is 4.77. The van der Waals surface area contributed by atoms with Crippen LogP contribution in [-0.2, 0) is 4.79 Å². The SMILES string of the molecule is C=CC(=O)SCSCC1=CSCS1. The molecule has 1 aliphatic rings. The van der Waals surface area contributed by atoms with Gasteiger partial charge >= 0.3 is 0 Å². The van der Waals surface area contributed by atoms with Crippen molar-refractivity contribution in [2.75, 3.05) is 15.9 Å². The number of thioether (sulfide) groups is 4. The summed E-state index contributed by atoms with van der Waals surface area (Å²) in [6.45, 7) is 3.42. The van der Waals surface area contributed by atoms with Crippen LogP contribution in [0.3, 0.4) is 0 Å². The third-order valence-corrected chi connectivity index (χ3v) is 5.76. The molecule has 0 N–H and O–H groups in total. The van der Waals surface area contributed by atoms with Crippen LogP contribution in [0.25, 0.3) is 0 Å². The fraction of sp³-hybridized carbons (Fsp3) is 0.375. The Morgan fingerprint density at radius 3 is 3.23 bits per heavy atom. The Bertz CT molecular complexity index is 224. The van der Waals surface area contributed by atoms with E-state index in [4.69, 9.17) is 0 Å². The van der Waals surface area contributed by atoms with Gasteiger partial charge in [-0.05, 0) is 11.5 Å². The Morgan fingerprint density at radius 1 is 1.77 bits per heavy atom. The number of rotatable bonds is 5. The van der Waals surface area contributed by atoms with Crippen LogP contribution in [0.15, 0.2) is 23.0 Å². The average molecular weight is 250 g/mol. The number of hydrogen-bond donors (Lipinski definition) is 0. The van der Waals surface area contributed by atoms with Crippen molar-refractivity contribution in [3.8, 4) is 0 Å². The molecular weight excluding hydrogens is 240 g/mol. The molecule has 0 spiro atoms. The second-order valence-corrected chi connectivity index (χ2v) is 6.80. The minimum absolute atomic E-state index is 0.0647. The van der Waals surface area contributed by atoms with Crippen molar-refractivity contribution >= 4 is 52.2 Å². The summed E-state index contributed by atoms with van der Waals surface area (Å²) in [5, 5.41) is 4.25. The van der Waals surface area contributed by atoms with E-state index in [2.05, 4.69) is 12.0 Å². The third-order valence-electron chi connectivity index (χ3n) is 1.22. The van der Waals surface area contributed by atoms with Crippen LogP contribution in [0.1, 0.15) is 0 Å². The van der Waals surface area contributed by atoms with E-state index in [1.54, 1.807) is 11.8 Å². The maximum Gasteiger partial charge on any atom is 0.212 e. The summed E-state index contributed by atoms with van der Waals surface area (Å²) in [6, 6.07) is 0. The maximum atomic E-state index is 10.8. The van der Waals surface area contributed by atoms with Crippen molar-refractivity contribution in [2.45, 2.75) is 0 Å². The molecule has 1 heterocycles. The predicted molar refractivity (Wildman–Crippen MR) is 68.3 cm³/mol. The quantitative estimate of drug-likeness (QED) is 0.421. The molecular formula is C8H10OS4. The molecule has 0 aromatic carbocycles. The molecule has 72 valence electrons. The molecule has 5 heteroatoms. The molecule has 0 amide bonds. The van der Waals surface area contributed by atoms with Gasteiger partial charge in [-0.2, -0.15) is 0 Å². The van der Waals surface area contributed by atoms with Crippen molar-refractivity contribution < 1.29 is 4.79 Å². The van der Waals surface area contributed by atoms with Crippen molar-refractivity contribution in [3.63, 3.8) is 0 Å². The topological polar surface area (TPSA) is 17.1 Å². The van der Waals surface area contributed by atoms with E-state index in [9.17, 15) is 4.79 Å². The van der Waals surface area contributed by atoms with Crippen molar-refractivity contribution in [1.82, 2.24) is 0 Å². The van der Waals surface area contributed by atoms with Crippen molar-refractivity contribution in [2.24, 2.45) is 0 Å². The lowest BCUT2D eigenvalue weighted by molar-refractivity contribution is -0.107. The summed E-state index contributed by atoms with van der Waals surface area (Å²) < 4.78 is 0. The Hall–Kier alpha value is 0.550. The molecule has 1 aliphatic heterocycles. The van der Waals surface area contributed by atoms with Gasteiger partial charge in [-0.25, -0.2) is 0 Å². The van der Waals surface area contributed by atoms with Gasteiger partial charge in [0, 0.05) is 20.8 Å². The van der Waals surface area contributed by atoms with Gasteiger partial charge in [0.05, 0.1) is 0 Å². The lowest BCUT2D eigenvalue weighted by atomic mass is 10.7. The van der Waals surface area contributed by atoms with E-state index in [1.807, 2.05) is 23.5 Å². The Morgan fingerprint density at radius 2 is 2.62 bits per heavy atom. The second-order valence-electron chi connectivity index (χ2n) is 2.15. The van der Waals surface area contributed by atoms with Crippen LogP contribution in [0.2, 0.25) is 0 Å². The highest BCUT2D eigenvalue weighted by molar-refractivity contribution is 8.25. The zero-order chi connectivity index (χ0) is 9.52. The van der Waals surface area contributed by atoms with E-state index >= 15 is 0 Å². The summed E-state index contributed by atoms with van der Waals surface area (Å²) in [4.78, 5) is 12.2. The molecule has 0 atom stereocenters. The van der Waals surface area contributed by atoms with Gasteiger partial charge in [-0.15, -0.1) is 35.3 Å². The lowest BCUT2D eigenvalue weighted by Crippen LogP contribution is -1.86. The summed E-state index contributed by atoms with van der Waals surface area (Å²) in [5.41, 5.74) is 0. The number of carbonyl (C=O) groups is 1. The Balaban J connectivity index is 2.00. The lowest BCUT2D eigenvalue weighted by Gasteiger charge is -1.98. The first-order valence-corrected chi connectivity index (χ1v) is 7.81. The molecule has 0 saturated heterocycles. The Labute approximate surface area is 95.6 Å². The summed E-state index contributed by atoms with van der Waals surface area (Å²) >= 11 is 6.85. The van der Waals surface area contributed by atoms with E-state index in [-0.39, 0.29) is 5.12 Å². The monoisotopic (exact) mass is 250 g/mol. The standard InChI is InChI=1S/C8H10OS4/c1-2-8(9)13-6-11-4-7-3-10-5-12-7/h2-3H,1,4-6H2. The molecule has 0 radical (unpaired) electrons. The van der Waals surface area contributed by atoms with Crippen LogP contribution in [0.5, 0.6) is 0 Å². The van der Waals surface area contributed by atoms with Gasteiger partial charge in [0.2, 0.25) is 5.12 Å². The first-order chi connectivity index (χ1) is 6.33. The average Bonchev–Trinajstić information content (AvgIpc) is 2.64. The van der Waals surface area contributed by atoms with E-state index in [1.165, 1.54) is 22.7 Å². The van der Waals surface area contributed by atoms with Gasteiger partial charge in [-0.1, -0.05) is 18.3 Å². The number of carbonyl (C=O) groups excluding carboxylic acids is 1. The molecule has 0 aliphatic carbocycles. The van der Waals surface area contributed by atoms with Crippen molar-refractivity contribution in [1.29, 1.82) is 0 Å². The first-order valence-electron chi connectivity index (χ1n) is 3.63. The molecule has 0 unspecified atom stereocenters. The minimum atomic E-state index is 0.0647. The van der Waals surface area contributed by atoms with Crippen LogP contribution >= 0.6 is 47.0 Å². The van der Waals surface area contributed by atoms with E-state index in [0.717, 1.165) is 15.9 Å². The van der Waals surface area contributed by atoms with E-state index < -0.39 is 0 Å². The molecule has 0 aromatic heterocycles. The second kappa shape index (κ2) is 6.92. The zero-order valence-electron chi connectivity index (χ0n) is 7.02. The van der Waals surface area contributed by atoms with Gasteiger partial charge < -0.3 is 0 Å². The van der Waals surface area contributed by atoms with Crippen LogP contribution in [0.4, 0.5) is 0 Å². The molecule has 0 aromatic rings. The minimum Gasteiger partial charge on any atom is -0.282 e. The van der Waals surface area contributed by atoms with Crippen LogP contribution in [-0.4, -0.2) is 21.0 Å². The van der Waals surface area contributed by atoms with Crippen molar-refractivity contribution in [3.05, 3.63) is 23.0 Å².